The molecule has 6 heteroatoms. The zero-order valence-electron chi connectivity index (χ0n) is 16.9. The first-order chi connectivity index (χ1) is 12.2. The maximum atomic E-state index is 11.9. The molecule has 0 radical (unpaired) electrons. The molecular formula is C20H34N2O4. The number of carboxylic acid groups (broad SMARTS) is 1. The van der Waals surface area contributed by atoms with Gasteiger partial charge in [-0.3, -0.25) is 4.90 Å². The number of rotatable bonds is 7. The van der Waals surface area contributed by atoms with Gasteiger partial charge in [0, 0.05) is 19.6 Å². The summed E-state index contributed by atoms with van der Waals surface area (Å²) >= 11 is 0. The van der Waals surface area contributed by atoms with Gasteiger partial charge < -0.3 is 19.5 Å². The summed E-state index contributed by atoms with van der Waals surface area (Å²) in [6.45, 7) is 14.8. The van der Waals surface area contributed by atoms with Gasteiger partial charge in [0.15, 0.2) is 0 Å². The highest BCUT2D eigenvalue weighted by Crippen LogP contribution is 2.31. The van der Waals surface area contributed by atoms with Crippen LogP contribution >= 0.6 is 0 Å². The summed E-state index contributed by atoms with van der Waals surface area (Å²) in [4.78, 5) is 16.4. The molecule has 6 nitrogen and oxygen atoms in total. The van der Waals surface area contributed by atoms with Gasteiger partial charge in [0.1, 0.15) is 11.7 Å². The largest absolute Gasteiger partial charge is 0.479 e. The van der Waals surface area contributed by atoms with E-state index in [0.717, 1.165) is 38.0 Å². The minimum Gasteiger partial charge on any atom is -0.479 e. The number of nitrogens with zero attached hydrogens (tertiary/aromatic N) is 2. The van der Waals surface area contributed by atoms with Crippen molar-refractivity contribution in [1.29, 1.82) is 0 Å². The predicted molar refractivity (Wildman–Crippen MR) is 102 cm³/mol. The molecule has 2 rings (SSSR count). The number of carbonyl (C=O) groups is 1. The normalized spacial score (nSPS) is 22.4. The fraction of sp³-hybridized carbons (Fsp3) is 0.750. The molecule has 2 aliphatic heterocycles. The van der Waals surface area contributed by atoms with Gasteiger partial charge in [-0.25, -0.2) is 4.79 Å². The lowest BCUT2D eigenvalue weighted by Gasteiger charge is -2.44. The third-order valence-corrected chi connectivity index (χ3v) is 4.83. The molecule has 0 aromatic heterocycles. The molecule has 0 spiro atoms. The van der Waals surface area contributed by atoms with E-state index in [4.69, 9.17) is 9.47 Å². The number of morpholine rings is 1. The highest BCUT2D eigenvalue weighted by Gasteiger charge is 2.35. The van der Waals surface area contributed by atoms with Crippen LogP contribution in [0.5, 0.6) is 0 Å². The molecular weight excluding hydrogens is 332 g/mol. The van der Waals surface area contributed by atoms with Crippen LogP contribution in [-0.2, 0) is 14.3 Å². The van der Waals surface area contributed by atoms with Crippen molar-refractivity contribution in [2.45, 2.75) is 53.6 Å². The lowest BCUT2D eigenvalue weighted by atomic mass is 9.90. The van der Waals surface area contributed by atoms with E-state index in [2.05, 4.69) is 36.6 Å². The molecule has 0 bridgehead atoms. The van der Waals surface area contributed by atoms with Crippen molar-refractivity contribution >= 4 is 5.97 Å². The van der Waals surface area contributed by atoms with Crippen LogP contribution in [0.1, 0.15) is 47.5 Å². The Morgan fingerprint density at radius 1 is 1.35 bits per heavy atom. The molecule has 0 saturated carbocycles. The monoisotopic (exact) mass is 366 g/mol. The Bertz CT molecular complexity index is 557. The van der Waals surface area contributed by atoms with Crippen molar-refractivity contribution in [1.82, 2.24) is 9.80 Å². The van der Waals surface area contributed by atoms with E-state index in [1.54, 1.807) is 0 Å². The highest BCUT2D eigenvalue weighted by molar-refractivity contribution is 5.92. The molecule has 0 aromatic carbocycles. The summed E-state index contributed by atoms with van der Waals surface area (Å²) in [5.41, 5.74) is 1.30. The summed E-state index contributed by atoms with van der Waals surface area (Å²) in [5.74, 6) is -0.422. The smallest absolute Gasteiger partial charge is 0.341 e. The average molecular weight is 367 g/mol. The molecule has 26 heavy (non-hydrogen) atoms. The van der Waals surface area contributed by atoms with Gasteiger partial charge in [-0.05, 0) is 43.8 Å². The maximum absolute atomic E-state index is 11.9. The Kier molecular flexibility index (Phi) is 7.12. The fourth-order valence-corrected chi connectivity index (χ4v) is 3.54. The number of ether oxygens (including phenoxy) is 2. The van der Waals surface area contributed by atoms with E-state index in [1.165, 1.54) is 0 Å². The molecule has 1 atom stereocenters. The number of hydrogen-bond acceptors (Lipinski definition) is 5. The molecule has 0 aromatic rings. The second-order valence-corrected chi connectivity index (χ2v) is 8.19. The molecule has 1 unspecified atom stereocenters. The minimum atomic E-state index is -0.927. The topological polar surface area (TPSA) is 62.2 Å². The fourth-order valence-electron chi connectivity index (χ4n) is 3.54. The summed E-state index contributed by atoms with van der Waals surface area (Å²) in [6.07, 6.45) is 4.14. The zero-order valence-corrected chi connectivity index (χ0v) is 16.9. The van der Waals surface area contributed by atoms with Gasteiger partial charge in [0.25, 0.3) is 0 Å². The first kappa shape index (κ1) is 20.8. The van der Waals surface area contributed by atoms with Crippen LogP contribution in [0.25, 0.3) is 0 Å². The summed E-state index contributed by atoms with van der Waals surface area (Å²) in [7, 11) is 0. The third kappa shape index (κ3) is 5.24. The lowest BCUT2D eigenvalue weighted by molar-refractivity contribution is -0.133. The summed E-state index contributed by atoms with van der Waals surface area (Å²) in [6, 6.07) is 0. The van der Waals surface area contributed by atoms with Crippen molar-refractivity contribution in [3.63, 3.8) is 0 Å². The number of aliphatic carboxylic acids is 1. The molecule has 1 fully saturated rings. The van der Waals surface area contributed by atoms with Crippen LogP contribution < -0.4 is 0 Å². The molecule has 1 saturated heterocycles. The van der Waals surface area contributed by atoms with Crippen LogP contribution in [0.4, 0.5) is 0 Å². The first-order valence-corrected chi connectivity index (χ1v) is 9.62. The Hall–Kier alpha value is -1.53. The molecule has 0 amide bonds. The quantitative estimate of drug-likeness (QED) is 0.747. The van der Waals surface area contributed by atoms with Gasteiger partial charge in [-0.15, -0.1) is 0 Å². The first-order valence-electron chi connectivity index (χ1n) is 9.62. The van der Waals surface area contributed by atoms with E-state index in [0.29, 0.717) is 25.7 Å². The van der Waals surface area contributed by atoms with Gasteiger partial charge in [0.2, 0.25) is 5.88 Å². The highest BCUT2D eigenvalue weighted by atomic mass is 16.5. The van der Waals surface area contributed by atoms with Gasteiger partial charge >= 0.3 is 5.97 Å². The van der Waals surface area contributed by atoms with Crippen LogP contribution in [0.15, 0.2) is 23.1 Å². The molecule has 0 aliphatic carbocycles. The number of carboxylic acids is 1. The van der Waals surface area contributed by atoms with Crippen LogP contribution in [0.2, 0.25) is 0 Å². The van der Waals surface area contributed by atoms with Gasteiger partial charge in [0.05, 0.1) is 19.8 Å². The van der Waals surface area contributed by atoms with Gasteiger partial charge in [-0.1, -0.05) is 20.8 Å². The molecule has 2 heterocycles. The Labute approximate surface area is 157 Å². The average Bonchev–Trinajstić information content (AvgIpc) is 2.56. The maximum Gasteiger partial charge on any atom is 0.341 e. The Balaban J connectivity index is 2.31. The van der Waals surface area contributed by atoms with Crippen LogP contribution in [0, 0.1) is 5.41 Å². The van der Waals surface area contributed by atoms with E-state index < -0.39 is 5.97 Å². The van der Waals surface area contributed by atoms with E-state index in [-0.39, 0.29) is 17.2 Å². The van der Waals surface area contributed by atoms with Crippen LogP contribution in [-0.4, -0.2) is 66.5 Å². The second kappa shape index (κ2) is 8.91. The van der Waals surface area contributed by atoms with Gasteiger partial charge in [-0.2, -0.15) is 0 Å². The van der Waals surface area contributed by atoms with Crippen molar-refractivity contribution in [3.05, 3.63) is 23.1 Å². The summed E-state index contributed by atoms with van der Waals surface area (Å²) in [5, 5.41) is 9.74. The van der Waals surface area contributed by atoms with Crippen molar-refractivity contribution in [2.75, 3.05) is 39.5 Å². The SMILES string of the molecule is CCOC1=C(C(=O)O)C(C)=CC(N2CCOCC2)N1CCCC(C)(C)C. The van der Waals surface area contributed by atoms with Crippen molar-refractivity contribution in [3.8, 4) is 0 Å². The van der Waals surface area contributed by atoms with E-state index in [1.807, 2.05) is 13.8 Å². The second-order valence-electron chi connectivity index (χ2n) is 8.19. The van der Waals surface area contributed by atoms with E-state index >= 15 is 0 Å². The Morgan fingerprint density at radius 3 is 2.54 bits per heavy atom. The summed E-state index contributed by atoms with van der Waals surface area (Å²) < 4.78 is 11.4. The van der Waals surface area contributed by atoms with E-state index in [9.17, 15) is 9.90 Å². The molecule has 1 N–H and O–H groups in total. The van der Waals surface area contributed by atoms with Crippen molar-refractivity contribution < 1.29 is 19.4 Å². The predicted octanol–water partition coefficient (Wildman–Crippen LogP) is 3.07. The van der Waals surface area contributed by atoms with Crippen molar-refractivity contribution in [2.24, 2.45) is 5.41 Å². The minimum absolute atomic E-state index is 0.0171. The molecule has 148 valence electrons. The standard InChI is InChI=1S/C20H34N2O4/c1-6-26-18-17(19(23)24)15(2)14-16(21-10-12-25-13-11-21)22(18)9-7-8-20(3,4)5/h14,16H,6-13H2,1-5H3,(H,23,24). The molecule has 2 aliphatic rings. The zero-order chi connectivity index (χ0) is 19.3. The van der Waals surface area contributed by atoms with Crippen LogP contribution in [0.3, 0.4) is 0 Å². The lowest BCUT2D eigenvalue weighted by Crippen LogP contribution is -2.53. The number of hydrogen-bond donors (Lipinski definition) is 1. The third-order valence-electron chi connectivity index (χ3n) is 4.83. The Morgan fingerprint density at radius 2 is 2.00 bits per heavy atom.